The molecule has 0 saturated heterocycles. The summed E-state index contributed by atoms with van der Waals surface area (Å²) < 4.78 is 7.14. The Hall–Kier alpha value is -2.97. The average Bonchev–Trinajstić information content (AvgIpc) is 3.47. The third-order valence-corrected chi connectivity index (χ3v) is 6.34. The highest BCUT2D eigenvalue weighted by molar-refractivity contribution is 7.21. The Morgan fingerprint density at radius 1 is 1.21 bits per heavy atom. The number of hydrogen-bond donors (Lipinski definition) is 1. The largest absolute Gasteiger partial charge is 0.497 e. The summed E-state index contributed by atoms with van der Waals surface area (Å²) in [5, 5.41) is 5.94. The van der Waals surface area contributed by atoms with E-state index in [2.05, 4.69) is 15.3 Å². The van der Waals surface area contributed by atoms with E-state index in [1.54, 1.807) is 30.8 Å². The Morgan fingerprint density at radius 3 is 2.68 bits per heavy atom. The Kier molecular flexibility index (Phi) is 5.23. The van der Waals surface area contributed by atoms with Gasteiger partial charge in [-0.25, -0.2) is 9.97 Å². The molecule has 1 atom stereocenters. The third kappa shape index (κ3) is 3.69. The van der Waals surface area contributed by atoms with Crippen LogP contribution >= 0.6 is 22.7 Å². The zero-order valence-electron chi connectivity index (χ0n) is 15.3. The number of carbonyl (C=O) groups is 1. The van der Waals surface area contributed by atoms with E-state index in [4.69, 9.17) is 4.74 Å². The average molecular weight is 411 g/mol. The van der Waals surface area contributed by atoms with Crippen LogP contribution < -0.4 is 10.1 Å². The van der Waals surface area contributed by atoms with Crippen LogP contribution in [0.15, 0.2) is 60.4 Å². The fourth-order valence-electron chi connectivity index (χ4n) is 2.84. The summed E-state index contributed by atoms with van der Waals surface area (Å²) in [5.41, 5.74) is 0.923. The molecule has 8 heteroatoms. The standard InChI is InChI=1S/C20H18N4O2S2/c1-24-10-9-21-18(24)17(13-5-7-14(26-2)8-6-13)23-19(25)16-12-22-20(28-16)15-4-3-11-27-15/h3-12,17H,1-2H3,(H,23,25). The van der Waals surface area contributed by atoms with Crippen molar-refractivity contribution in [3.63, 3.8) is 0 Å². The fraction of sp³-hybridized carbons (Fsp3) is 0.150. The van der Waals surface area contributed by atoms with Crippen LogP contribution in [0.2, 0.25) is 0 Å². The van der Waals surface area contributed by atoms with Crippen molar-refractivity contribution in [1.82, 2.24) is 19.9 Å². The van der Waals surface area contributed by atoms with Crippen molar-refractivity contribution in [2.24, 2.45) is 7.05 Å². The lowest BCUT2D eigenvalue weighted by atomic mass is 10.1. The van der Waals surface area contributed by atoms with E-state index < -0.39 is 0 Å². The molecule has 0 radical (unpaired) electrons. The molecular weight excluding hydrogens is 392 g/mol. The molecule has 3 heterocycles. The predicted octanol–water partition coefficient (Wildman–Crippen LogP) is 4.13. The molecule has 0 bridgehead atoms. The van der Waals surface area contributed by atoms with Crippen LogP contribution in [0, 0.1) is 0 Å². The van der Waals surface area contributed by atoms with Gasteiger partial charge in [0, 0.05) is 19.4 Å². The van der Waals surface area contributed by atoms with Gasteiger partial charge in [0.1, 0.15) is 27.5 Å². The zero-order chi connectivity index (χ0) is 19.5. The van der Waals surface area contributed by atoms with E-state index in [-0.39, 0.29) is 11.9 Å². The Balaban J connectivity index is 1.62. The van der Waals surface area contributed by atoms with Gasteiger partial charge in [0.05, 0.1) is 18.2 Å². The van der Waals surface area contributed by atoms with Crippen molar-refractivity contribution in [2.75, 3.05) is 7.11 Å². The van der Waals surface area contributed by atoms with Gasteiger partial charge in [-0.2, -0.15) is 0 Å². The number of nitrogens with one attached hydrogen (secondary N) is 1. The molecule has 4 rings (SSSR count). The molecule has 0 aliphatic rings. The number of ether oxygens (including phenoxy) is 1. The number of aryl methyl sites for hydroxylation is 1. The van der Waals surface area contributed by atoms with Gasteiger partial charge in [0.25, 0.3) is 5.91 Å². The molecule has 28 heavy (non-hydrogen) atoms. The number of thiazole rings is 1. The lowest BCUT2D eigenvalue weighted by Crippen LogP contribution is -2.30. The minimum atomic E-state index is -0.384. The maximum Gasteiger partial charge on any atom is 0.263 e. The normalized spacial score (nSPS) is 11.9. The summed E-state index contributed by atoms with van der Waals surface area (Å²) in [6.07, 6.45) is 5.21. The number of nitrogens with zero attached hydrogens (tertiary/aromatic N) is 3. The molecule has 1 unspecified atom stereocenters. The van der Waals surface area contributed by atoms with Crippen LogP contribution in [0.4, 0.5) is 0 Å². The summed E-state index contributed by atoms with van der Waals surface area (Å²) >= 11 is 2.99. The van der Waals surface area contributed by atoms with Gasteiger partial charge in [-0.15, -0.1) is 22.7 Å². The van der Waals surface area contributed by atoms with Gasteiger partial charge in [-0.3, -0.25) is 4.79 Å². The number of benzene rings is 1. The van der Waals surface area contributed by atoms with Crippen molar-refractivity contribution in [3.8, 4) is 15.6 Å². The highest BCUT2D eigenvalue weighted by Crippen LogP contribution is 2.30. The van der Waals surface area contributed by atoms with E-state index in [1.807, 2.05) is 59.6 Å². The van der Waals surface area contributed by atoms with Crippen molar-refractivity contribution in [3.05, 3.63) is 76.6 Å². The second-order valence-corrected chi connectivity index (χ2v) is 8.06. The molecular formula is C20H18N4O2S2. The first-order valence-electron chi connectivity index (χ1n) is 8.57. The van der Waals surface area contributed by atoms with Crippen molar-refractivity contribution in [2.45, 2.75) is 6.04 Å². The van der Waals surface area contributed by atoms with Gasteiger partial charge < -0.3 is 14.6 Å². The van der Waals surface area contributed by atoms with Gasteiger partial charge >= 0.3 is 0 Å². The first kappa shape index (κ1) is 18.4. The van der Waals surface area contributed by atoms with Crippen molar-refractivity contribution < 1.29 is 9.53 Å². The number of amides is 1. The second kappa shape index (κ2) is 7.95. The Bertz CT molecular complexity index is 1070. The van der Waals surface area contributed by atoms with Crippen molar-refractivity contribution in [1.29, 1.82) is 0 Å². The summed E-state index contributed by atoms with van der Waals surface area (Å²) in [5.74, 6) is 1.34. The lowest BCUT2D eigenvalue weighted by Gasteiger charge is -2.19. The number of thiophene rings is 1. The number of methoxy groups -OCH3 is 1. The van der Waals surface area contributed by atoms with Gasteiger partial charge in [-0.1, -0.05) is 18.2 Å². The maximum absolute atomic E-state index is 12.9. The zero-order valence-corrected chi connectivity index (χ0v) is 17.0. The second-order valence-electron chi connectivity index (χ2n) is 6.08. The van der Waals surface area contributed by atoms with Crippen LogP contribution in [0.5, 0.6) is 5.75 Å². The molecule has 4 aromatic rings. The van der Waals surface area contributed by atoms with Crippen LogP contribution in [0.25, 0.3) is 9.88 Å². The number of carbonyl (C=O) groups excluding carboxylic acids is 1. The molecule has 1 aromatic carbocycles. The predicted molar refractivity (Wildman–Crippen MR) is 111 cm³/mol. The van der Waals surface area contributed by atoms with Gasteiger partial charge in [-0.05, 0) is 29.1 Å². The van der Waals surface area contributed by atoms with E-state index in [0.29, 0.717) is 4.88 Å². The van der Waals surface area contributed by atoms with Crippen LogP contribution in [-0.2, 0) is 7.05 Å². The number of imidazole rings is 1. The van der Waals surface area contributed by atoms with Crippen LogP contribution in [-0.4, -0.2) is 27.6 Å². The molecule has 6 nitrogen and oxygen atoms in total. The van der Waals surface area contributed by atoms with Crippen LogP contribution in [0.3, 0.4) is 0 Å². The SMILES string of the molecule is COc1ccc(C(NC(=O)c2cnc(-c3cccs3)s2)c2nccn2C)cc1. The van der Waals surface area contributed by atoms with E-state index >= 15 is 0 Å². The molecule has 0 aliphatic carbocycles. The monoisotopic (exact) mass is 410 g/mol. The topological polar surface area (TPSA) is 69.0 Å². The Labute approximate surface area is 170 Å². The van der Waals surface area contributed by atoms with E-state index in [9.17, 15) is 4.79 Å². The minimum Gasteiger partial charge on any atom is -0.497 e. The maximum atomic E-state index is 12.9. The molecule has 3 aromatic heterocycles. The van der Waals surface area contributed by atoms with E-state index in [0.717, 1.165) is 27.0 Å². The summed E-state index contributed by atoms with van der Waals surface area (Å²) in [6, 6.07) is 11.2. The summed E-state index contributed by atoms with van der Waals surface area (Å²) in [7, 11) is 3.54. The molecule has 0 saturated carbocycles. The third-order valence-electron chi connectivity index (χ3n) is 4.30. The Morgan fingerprint density at radius 2 is 2.04 bits per heavy atom. The molecule has 142 valence electrons. The van der Waals surface area contributed by atoms with E-state index in [1.165, 1.54) is 11.3 Å². The lowest BCUT2D eigenvalue weighted by molar-refractivity contribution is 0.0945. The smallest absolute Gasteiger partial charge is 0.263 e. The molecule has 1 N–H and O–H groups in total. The summed E-state index contributed by atoms with van der Waals surface area (Å²) in [6.45, 7) is 0. The first-order chi connectivity index (χ1) is 13.7. The molecule has 0 fully saturated rings. The number of aromatic nitrogens is 3. The highest BCUT2D eigenvalue weighted by atomic mass is 32.1. The van der Waals surface area contributed by atoms with Gasteiger partial charge in [0.2, 0.25) is 0 Å². The molecule has 0 aliphatic heterocycles. The van der Waals surface area contributed by atoms with Gasteiger partial charge in [0.15, 0.2) is 0 Å². The minimum absolute atomic E-state index is 0.177. The number of rotatable bonds is 6. The summed E-state index contributed by atoms with van der Waals surface area (Å²) in [4.78, 5) is 23.4. The molecule has 0 spiro atoms. The number of hydrogen-bond acceptors (Lipinski definition) is 6. The first-order valence-corrected chi connectivity index (χ1v) is 10.3. The highest BCUT2D eigenvalue weighted by Gasteiger charge is 2.23. The fourth-order valence-corrected chi connectivity index (χ4v) is 4.47. The molecule has 1 amide bonds. The van der Waals surface area contributed by atoms with Crippen molar-refractivity contribution >= 4 is 28.6 Å². The van der Waals surface area contributed by atoms with Crippen LogP contribution in [0.1, 0.15) is 27.1 Å². The quantitative estimate of drug-likeness (QED) is 0.519.